The maximum absolute atomic E-state index is 2.72. The number of fused-ring (bicyclic) bond motifs is 17. The highest BCUT2D eigenvalue weighted by Gasteiger charge is 2.47. The van der Waals surface area contributed by atoms with Gasteiger partial charge in [-0.05, 0) is 121 Å². The van der Waals surface area contributed by atoms with E-state index in [1.165, 1.54) is 131 Å². The van der Waals surface area contributed by atoms with Crippen LogP contribution >= 0.6 is 11.3 Å². The first kappa shape index (κ1) is 35.3. The Morgan fingerprint density at radius 3 is 1.87 bits per heavy atom. The van der Waals surface area contributed by atoms with E-state index in [0.29, 0.717) is 0 Å². The highest BCUT2D eigenvalue weighted by atomic mass is 32.1. The molecule has 0 N–H and O–H groups in total. The number of anilines is 2. The predicted molar refractivity (Wildman–Crippen MR) is 267 cm³/mol. The van der Waals surface area contributed by atoms with Gasteiger partial charge in [0.15, 0.2) is 0 Å². The number of hydrogen-bond acceptors (Lipinski definition) is 2. The molecule has 4 aliphatic rings. The fourth-order valence-corrected chi connectivity index (χ4v) is 13.5. The van der Waals surface area contributed by atoms with Crippen molar-refractivity contribution in [1.29, 1.82) is 0 Å². The van der Waals surface area contributed by atoms with Crippen molar-refractivity contribution < 1.29 is 0 Å². The van der Waals surface area contributed by atoms with Crippen LogP contribution in [0.5, 0.6) is 0 Å². The van der Waals surface area contributed by atoms with E-state index < -0.39 is 0 Å². The highest BCUT2D eigenvalue weighted by Crippen LogP contribution is 2.56. The van der Waals surface area contributed by atoms with Gasteiger partial charge < -0.3 is 9.38 Å². The molecule has 4 heteroatoms. The lowest BCUT2D eigenvalue weighted by Gasteiger charge is -2.42. The third-order valence-electron chi connectivity index (χ3n) is 15.5. The SMILES string of the molecule is CC(C)(C)c1ccc(N2B3c4cc5c(cc4-n4c6cc7c(cc6c6ccc(c3c64)-c3cc4c(cc32)-c2ccccc2C4(C)C)C(C)(C)c2ccccc2-7)sc2ccccc25)cc1. The average molecular weight is 813 g/mol. The van der Waals surface area contributed by atoms with E-state index >= 15 is 0 Å². The molecule has 2 aromatic heterocycles. The van der Waals surface area contributed by atoms with Gasteiger partial charge in [0.25, 0.3) is 0 Å². The van der Waals surface area contributed by atoms with Crippen LogP contribution in [-0.4, -0.2) is 11.4 Å². The van der Waals surface area contributed by atoms with Crippen LogP contribution in [0, 0.1) is 0 Å². The molecule has 0 fully saturated rings. The molecule has 0 saturated heterocycles. The van der Waals surface area contributed by atoms with Crippen molar-refractivity contribution in [3.63, 3.8) is 0 Å². The molecule has 0 unspecified atom stereocenters. The first-order valence-electron chi connectivity index (χ1n) is 22.3. The van der Waals surface area contributed by atoms with E-state index in [9.17, 15) is 0 Å². The van der Waals surface area contributed by atoms with Crippen molar-refractivity contribution in [2.24, 2.45) is 0 Å². The van der Waals surface area contributed by atoms with Crippen LogP contribution in [0.3, 0.4) is 0 Å². The largest absolute Gasteiger partial charge is 0.376 e. The Morgan fingerprint density at radius 2 is 1.15 bits per heavy atom. The zero-order chi connectivity index (χ0) is 41.8. The lowest BCUT2D eigenvalue weighted by Crippen LogP contribution is -2.60. The Bertz CT molecular complexity index is 3680. The molecule has 0 saturated carbocycles. The van der Waals surface area contributed by atoms with Gasteiger partial charge >= 0.3 is 6.85 Å². The van der Waals surface area contributed by atoms with E-state index in [4.69, 9.17) is 0 Å². The Kier molecular flexibility index (Phi) is 6.46. The number of benzene rings is 8. The van der Waals surface area contributed by atoms with Gasteiger partial charge in [-0.1, -0.05) is 146 Å². The quantitative estimate of drug-likeness (QED) is 0.150. The molecule has 10 aromatic rings. The van der Waals surface area contributed by atoms with Crippen molar-refractivity contribution in [2.45, 2.75) is 64.7 Å². The van der Waals surface area contributed by atoms with Crippen molar-refractivity contribution >= 4 is 82.5 Å². The van der Waals surface area contributed by atoms with Gasteiger partial charge in [0.2, 0.25) is 0 Å². The summed E-state index contributed by atoms with van der Waals surface area (Å²) in [5.41, 5.74) is 24.1. The van der Waals surface area contributed by atoms with E-state index in [-0.39, 0.29) is 23.1 Å². The summed E-state index contributed by atoms with van der Waals surface area (Å²) in [5, 5.41) is 5.35. The summed E-state index contributed by atoms with van der Waals surface area (Å²) in [5.74, 6) is 0. The summed E-state index contributed by atoms with van der Waals surface area (Å²) in [7, 11) is 0. The van der Waals surface area contributed by atoms with E-state index in [1.807, 2.05) is 11.3 Å². The molecule has 4 heterocycles. The van der Waals surface area contributed by atoms with Crippen LogP contribution in [0.4, 0.5) is 11.4 Å². The molecule has 0 amide bonds. The fraction of sp³-hybridized carbons (Fsp3) is 0.172. The molecular weight excluding hydrogens is 768 g/mol. The Balaban J connectivity index is 1.16. The molecule has 0 radical (unpaired) electrons. The fourth-order valence-electron chi connectivity index (χ4n) is 12.4. The zero-order valence-corrected chi connectivity index (χ0v) is 37.1. The summed E-state index contributed by atoms with van der Waals surface area (Å²) in [6, 6.07) is 56.9. The van der Waals surface area contributed by atoms with Gasteiger partial charge in [-0.25, -0.2) is 0 Å². The van der Waals surface area contributed by atoms with Gasteiger partial charge in [-0.3, -0.25) is 0 Å². The number of thiophene rings is 1. The predicted octanol–water partition coefficient (Wildman–Crippen LogP) is 14.3. The number of rotatable bonds is 1. The maximum atomic E-state index is 2.72. The maximum Gasteiger partial charge on any atom is 0.333 e. The lowest BCUT2D eigenvalue weighted by atomic mass is 9.44. The third kappa shape index (κ3) is 4.22. The number of aromatic nitrogens is 1. The molecule has 2 aliphatic heterocycles. The minimum Gasteiger partial charge on any atom is -0.376 e. The van der Waals surface area contributed by atoms with Gasteiger partial charge in [0, 0.05) is 64.4 Å². The number of hydrogen-bond donors (Lipinski definition) is 0. The molecule has 2 nitrogen and oxygen atoms in total. The monoisotopic (exact) mass is 812 g/mol. The van der Waals surface area contributed by atoms with Crippen LogP contribution in [0.25, 0.3) is 81.0 Å². The minimum atomic E-state index is -0.116. The Hall–Kier alpha value is -6.36. The standard InChI is InChI=1S/C58H45BN2S/c1-56(2,3)32-20-22-33(23-21-32)61-50-30-40-35-15-9-12-18-45(35)57(4,5)46(40)26-41(50)37-24-25-38-42-27-47-39(34-14-8-11-17-44(34)58(47,6)7)29-49(42)60-51-31-53-43(36-16-10-13-19-52(36)62-53)28-48(51)59(61)54(37)55(38)60/h8-31H,1-7H3. The van der Waals surface area contributed by atoms with Crippen molar-refractivity contribution in [2.75, 3.05) is 4.81 Å². The van der Waals surface area contributed by atoms with Crippen LogP contribution in [-0.2, 0) is 16.2 Å². The first-order chi connectivity index (χ1) is 29.9. The second-order valence-corrected chi connectivity index (χ2v) is 21.6. The van der Waals surface area contributed by atoms with Gasteiger partial charge in [0.1, 0.15) is 0 Å². The lowest BCUT2D eigenvalue weighted by molar-refractivity contribution is 0.590. The van der Waals surface area contributed by atoms with Crippen molar-refractivity contribution in [1.82, 2.24) is 4.57 Å². The normalized spacial score (nSPS) is 15.9. The molecule has 0 atom stereocenters. The summed E-state index contributed by atoms with van der Waals surface area (Å²) in [4.78, 5) is 2.72. The Morgan fingerprint density at radius 1 is 0.484 bits per heavy atom. The smallest absolute Gasteiger partial charge is 0.333 e. The third-order valence-corrected chi connectivity index (χ3v) is 16.7. The second-order valence-electron chi connectivity index (χ2n) is 20.5. The summed E-state index contributed by atoms with van der Waals surface area (Å²) < 4.78 is 5.34. The second kappa shape index (κ2) is 11.4. The van der Waals surface area contributed by atoms with E-state index in [1.54, 1.807) is 0 Å². The summed E-state index contributed by atoms with van der Waals surface area (Å²) in [6.07, 6.45) is 0. The van der Waals surface area contributed by atoms with Crippen molar-refractivity contribution in [3.8, 4) is 39.1 Å². The number of nitrogens with zero attached hydrogens (tertiary/aromatic N) is 2. The molecule has 62 heavy (non-hydrogen) atoms. The molecule has 0 bridgehead atoms. The summed E-state index contributed by atoms with van der Waals surface area (Å²) >= 11 is 1.92. The average Bonchev–Trinajstić information content (AvgIpc) is 3.94. The molecule has 8 aromatic carbocycles. The first-order valence-corrected chi connectivity index (χ1v) is 23.1. The van der Waals surface area contributed by atoms with Gasteiger partial charge in [-0.15, -0.1) is 11.3 Å². The van der Waals surface area contributed by atoms with Crippen LogP contribution in [0.15, 0.2) is 146 Å². The van der Waals surface area contributed by atoms with Crippen LogP contribution in [0.2, 0.25) is 0 Å². The molecule has 14 rings (SSSR count). The summed E-state index contributed by atoms with van der Waals surface area (Å²) in [6.45, 7) is 16.5. The zero-order valence-electron chi connectivity index (χ0n) is 36.2. The van der Waals surface area contributed by atoms with E-state index in [2.05, 4.69) is 203 Å². The highest BCUT2D eigenvalue weighted by molar-refractivity contribution is 7.25. The van der Waals surface area contributed by atoms with Crippen LogP contribution in [0.1, 0.15) is 76.3 Å². The molecule has 0 spiro atoms. The van der Waals surface area contributed by atoms with Gasteiger partial charge in [0.05, 0.1) is 11.0 Å². The van der Waals surface area contributed by atoms with E-state index in [0.717, 1.165) is 0 Å². The molecule has 2 aliphatic carbocycles. The van der Waals surface area contributed by atoms with Crippen molar-refractivity contribution in [3.05, 3.63) is 173 Å². The topological polar surface area (TPSA) is 8.17 Å². The minimum absolute atomic E-state index is 0.0482. The van der Waals surface area contributed by atoms with Gasteiger partial charge in [-0.2, -0.15) is 0 Å². The Labute approximate surface area is 367 Å². The molecule has 296 valence electrons. The molecular formula is C58H45BN2S. The van der Waals surface area contributed by atoms with Crippen LogP contribution < -0.4 is 15.7 Å².